The van der Waals surface area contributed by atoms with E-state index in [0.29, 0.717) is 128 Å². The Kier molecular flexibility index (Phi) is 20.5. The third-order valence-electron chi connectivity index (χ3n) is 21.0. The first-order valence-corrected chi connectivity index (χ1v) is 50.3. The molecule has 6 aliphatic heterocycles. The van der Waals surface area contributed by atoms with E-state index in [2.05, 4.69) is 98.6 Å². The number of carbonyl (C=O) groups is 1. The number of unbranched alkanes of at least 4 members (excludes halogenated alkanes) is 3. The number of aliphatic imine (C=N–C) groups is 2. The number of carbonyl (C=O) groups excluding carboxylic acids is 1. The van der Waals surface area contributed by atoms with Gasteiger partial charge in [-0.05, 0) is 0 Å². The van der Waals surface area contributed by atoms with Gasteiger partial charge in [0, 0.05) is 6.42 Å². The quantitative estimate of drug-likeness (QED) is 0.00947. The van der Waals surface area contributed by atoms with Crippen LogP contribution >= 0.6 is 0 Å². The van der Waals surface area contributed by atoms with Crippen LogP contribution in [0.2, 0.25) is 38.3 Å². The third kappa shape index (κ3) is 13.8. The molecular weight excluding hydrogens is 1430 g/mol. The average molecular weight is 1520 g/mol. The van der Waals surface area contributed by atoms with E-state index >= 15 is 0 Å². The molecular formula is C67H94N10O17S4Si3+2. The number of fused-ring (bicyclic) bond motifs is 12. The molecule has 1 atom stereocenters. The molecule has 6 aliphatic rings. The summed E-state index contributed by atoms with van der Waals surface area (Å²) in [5, 5.41) is 3.15. The Bertz CT molecular complexity index is 4850. The van der Waals surface area contributed by atoms with Crippen molar-refractivity contribution >= 4 is 128 Å². The minimum atomic E-state index is -7.33. The smallest absolute Gasteiger partial charge is 0.303 e. The van der Waals surface area contributed by atoms with Gasteiger partial charge in [-0.3, -0.25) is 0 Å². The monoisotopic (exact) mass is 1520 g/mol. The van der Waals surface area contributed by atoms with Crippen molar-refractivity contribution in [1.29, 1.82) is 0 Å². The predicted molar refractivity (Wildman–Crippen MR) is 393 cm³/mol. The number of hydrogen-bond acceptors (Lipinski definition) is 17. The van der Waals surface area contributed by atoms with Crippen LogP contribution < -0.4 is 11.0 Å². The van der Waals surface area contributed by atoms with Crippen molar-refractivity contribution in [3.05, 3.63) is 130 Å². The van der Waals surface area contributed by atoms with Gasteiger partial charge in [-0.15, -0.1) is 0 Å². The summed E-state index contributed by atoms with van der Waals surface area (Å²) in [4.78, 5) is 34.5. The fourth-order valence-corrected chi connectivity index (χ4v) is 41.5. The van der Waals surface area contributed by atoms with Crippen molar-refractivity contribution in [3.8, 4) is 0 Å². The molecule has 0 aliphatic carbocycles. The van der Waals surface area contributed by atoms with Crippen LogP contribution in [0.15, 0.2) is 117 Å². The zero-order chi connectivity index (χ0) is 72.1. The molecule has 6 aromatic rings. The Balaban J connectivity index is 1.09. The molecule has 0 saturated heterocycles. The van der Waals surface area contributed by atoms with Crippen LogP contribution in [0.25, 0.3) is 21.5 Å². The summed E-state index contributed by atoms with van der Waals surface area (Å²) in [7, 11) is -32.1. The normalized spacial score (nSPS) is 18.1. The van der Waals surface area contributed by atoms with E-state index in [4.69, 9.17) is 29.4 Å². The molecule has 0 fully saturated rings. The van der Waals surface area contributed by atoms with Gasteiger partial charge < -0.3 is 4.79 Å². The fraction of sp³-hybridized carbons (Fsp3) is 0.507. The van der Waals surface area contributed by atoms with Crippen LogP contribution in [0.3, 0.4) is 0 Å². The van der Waals surface area contributed by atoms with Crippen LogP contribution in [-0.2, 0) is 63.0 Å². The van der Waals surface area contributed by atoms with Gasteiger partial charge >= 0.3 is 572 Å². The van der Waals surface area contributed by atoms with Crippen molar-refractivity contribution in [2.75, 3.05) is 102 Å². The molecule has 4 N–H and O–H groups in total. The topological polar surface area (TPSA) is 337 Å². The molecule has 1 spiro atoms. The Morgan fingerprint density at radius 3 is 1.24 bits per heavy atom. The maximum atomic E-state index is 12.4. The molecule has 0 amide bonds. The molecule has 0 bridgehead atoms. The van der Waals surface area contributed by atoms with Crippen LogP contribution in [0.4, 0.5) is 11.6 Å². The Morgan fingerprint density at radius 2 is 0.812 bits per heavy atom. The van der Waals surface area contributed by atoms with Crippen LogP contribution in [0.5, 0.6) is 0 Å². The first-order chi connectivity index (χ1) is 47.8. The number of rotatable bonds is 42. The van der Waals surface area contributed by atoms with E-state index in [0.717, 1.165) is 69.5 Å². The van der Waals surface area contributed by atoms with Gasteiger partial charge in [0.25, 0.3) is 0 Å². The second-order valence-electron chi connectivity index (χ2n) is 29.2. The Hall–Kier alpha value is -6.04. The standard InChI is InChI=1S/C67H92N10O17S4Si3/c1-6-7-33-77(35-17-19-47-96(82,83)84,40-43-92-45-44-91-42-24-41-78)39-23-51-100(4,5)94-101(93-99(2,3)50-22-38-76(36-20-48-97(85,86)87,37-21-49-98(88,89)90)34-16-18-46-95(79,80)81)72-60-52-25-8-9-26-53(52)61(72)69-63-56-29-12-13-30-57(56)65(74(63)101)71-67-59-32-15-14-31-58(59)66(75(67)101)70-64-55-28-11-10-27-54(55)62(68-60)73(64)101/h8-15,25-32,41H,6-7,16-24,33-40,42-51H2,1-5H3,(H2-2,79,80,81,82,83,84,85,86,87,88,89,90)/p+2. The van der Waals surface area contributed by atoms with E-state index in [1.807, 2.05) is 48.5 Å². The van der Waals surface area contributed by atoms with E-state index in [1.54, 1.807) is 0 Å². The summed E-state index contributed by atoms with van der Waals surface area (Å²) in [6, 6.07) is 33.3. The van der Waals surface area contributed by atoms with Gasteiger partial charge in [-0.25, -0.2) is 0 Å². The SMILES string of the molecule is CCCC[N+](CCCCS(=O)(=O)O)(CCC[Si](C)(C)O[Si-2]123(O[Si](C)(C)CCC[N+](CCCCS(=O)(=O)O)(CCCS(=O)(=O)O)CCCS(=O)(=O)O)n4c5c6ccccc6c4N=C4c6ccccc6C(=[N+]41)N=c1c4ccccc4c(n12)=NC1=[N+]3C(=N5)c2ccccc21)CCOCCOCCC=O. The number of nitrogens with zero attached hydrogens (tertiary/aromatic N) is 10. The molecule has 8 heterocycles. The van der Waals surface area contributed by atoms with Gasteiger partial charge in [-0.2, -0.15) is 0 Å². The van der Waals surface area contributed by atoms with Crippen molar-refractivity contribution in [3.63, 3.8) is 0 Å². The molecule has 4 aromatic carbocycles. The van der Waals surface area contributed by atoms with Crippen LogP contribution in [0.1, 0.15) is 99.8 Å². The molecule has 34 heteroatoms. The average Bonchev–Trinajstić information content (AvgIpc) is 1.38. The van der Waals surface area contributed by atoms with Crippen molar-refractivity contribution < 1.29 is 91.8 Å². The van der Waals surface area contributed by atoms with Crippen molar-refractivity contribution in [2.45, 2.75) is 116 Å². The summed E-state index contributed by atoms with van der Waals surface area (Å²) in [6.45, 7) is 15.7. The van der Waals surface area contributed by atoms with Crippen molar-refractivity contribution in [2.24, 2.45) is 20.0 Å². The maximum absolute atomic E-state index is 12.4. The first kappa shape index (κ1) is 74.7. The molecule has 548 valence electrons. The van der Waals surface area contributed by atoms with E-state index in [9.17, 15) is 64.9 Å². The second kappa shape index (κ2) is 27.8. The number of hydrogen-bond donors (Lipinski definition) is 4. The van der Waals surface area contributed by atoms with Gasteiger partial charge in [0.1, 0.15) is 6.29 Å². The van der Waals surface area contributed by atoms with E-state index < -0.39 is 82.1 Å². The number of quaternary nitrogens is 2. The van der Waals surface area contributed by atoms with Gasteiger partial charge in [0.15, 0.2) is 0 Å². The van der Waals surface area contributed by atoms with E-state index in [-0.39, 0.29) is 74.9 Å². The van der Waals surface area contributed by atoms with Crippen LogP contribution in [0, 0.1) is 0 Å². The Labute approximate surface area is 592 Å². The fourth-order valence-electron chi connectivity index (χ4n) is 17.1. The molecule has 2 aromatic heterocycles. The molecule has 1 unspecified atom stereocenters. The van der Waals surface area contributed by atoms with E-state index in [1.165, 1.54) is 0 Å². The predicted octanol–water partition coefficient (Wildman–Crippen LogP) is 7.50. The number of ether oxygens (including phenoxy) is 2. The summed E-state index contributed by atoms with van der Waals surface area (Å²) in [5.41, 5.74) is 4.23. The zero-order valence-electron chi connectivity index (χ0n) is 58.0. The molecule has 12 rings (SSSR count). The molecule has 27 nitrogen and oxygen atoms in total. The summed E-state index contributed by atoms with van der Waals surface area (Å²) in [5.74, 6) is 1.16. The second-order valence-corrected chi connectivity index (χ2v) is 49.8. The number of aldehydes is 1. The summed E-state index contributed by atoms with van der Waals surface area (Å²) in [6.07, 6.45) is 4.86. The van der Waals surface area contributed by atoms with Gasteiger partial charge in [0.05, 0.1) is 6.61 Å². The molecule has 101 heavy (non-hydrogen) atoms. The van der Waals surface area contributed by atoms with Crippen molar-refractivity contribution in [1.82, 2.24) is 8.47 Å². The Morgan fingerprint density at radius 1 is 0.446 bits per heavy atom. The zero-order valence-corrected chi connectivity index (χ0v) is 64.3. The van der Waals surface area contributed by atoms with Gasteiger partial charge in [-0.1, -0.05) is 0 Å². The summed E-state index contributed by atoms with van der Waals surface area (Å²) >= 11 is 0. The molecule has 0 saturated carbocycles. The summed E-state index contributed by atoms with van der Waals surface area (Å²) < 4.78 is 179. The third-order valence-corrected chi connectivity index (χ3v) is 40.9. The minimum Gasteiger partial charge on any atom is -0.303 e. The number of amidine groups is 4. The minimum absolute atomic E-state index is 0.0359. The van der Waals surface area contributed by atoms with Gasteiger partial charge in [0.2, 0.25) is 0 Å². The first-order valence-electron chi connectivity index (χ1n) is 35.1. The van der Waals surface area contributed by atoms with Crippen LogP contribution in [-0.4, -0.2) is 234 Å². The number of benzene rings is 4. The number of aromatic nitrogens is 2. The molecule has 0 radical (unpaired) electrons.